The van der Waals surface area contributed by atoms with Gasteiger partial charge in [-0.2, -0.15) is 0 Å². The number of ether oxygens (including phenoxy) is 1. The summed E-state index contributed by atoms with van der Waals surface area (Å²) in [6, 6.07) is 20.3. The van der Waals surface area contributed by atoms with Crippen molar-refractivity contribution in [2.75, 3.05) is 0 Å². The molecule has 0 N–H and O–H groups in total. The highest BCUT2D eigenvalue weighted by atomic mass is 16.5. The third kappa shape index (κ3) is 3.58. The number of fused-ring (bicyclic) bond motifs is 5. The van der Waals surface area contributed by atoms with E-state index in [0.29, 0.717) is 0 Å². The molecule has 0 radical (unpaired) electrons. The number of hydrogen-bond donors (Lipinski definition) is 0. The smallest absolute Gasteiger partial charge is 0.140 e. The number of aromatic nitrogens is 1. The average molecular weight is 460 g/mol. The maximum absolute atomic E-state index is 6.66. The largest absolute Gasteiger partial charge is 0.456 e. The predicted octanol–water partition coefficient (Wildman–Crippen LogP) is 9.51. The molecule has 0 atom stereocenters. The van der Waals surface area contributed by atoms with E-state index in [1.165, 1.54) is 43.6 Å². The van der Waals surface area contributed by atoms with E-state index in [1.807, 2.05) is 6.20 Å². The highest BCUT2D eigenvalue weighted by Gasteiger charge is 2.26. The minimum Gasteiger partial charge on any atom is -0.456 e. The summed E-state index contributed by atoms with van der Waals surface area (Å²) in [5, 5.41) is 7.28. The summed E-state index contributed by atoms with van der Waals surface area (Å²) in [7, 11) is 0. The molecule has 0 fully saturated rings. The molecule has 35 heavy (non-hydrogen) atoms. The molecule has 0 spiro atoms. The zero-order chi connectivity index (χ0) is 24.7. The zero-order valence-electron chi connectivity index (χ0n) is 21.8. The number of nitrogens with zero attached hydrogens (tertiary/aromatic N) is 1. The standard InChI is InChI=1S/C33H33NO/c1-19-24-11-8-20(18-32(2,3)4)14-22(24)15-27-30-29-25(12-13-34-30)26-17-23(33(5,6)7)10-9-21(26)16-28(29)35-31(19)27/h8-17H,18H2,1-7H3. The Balaban J connectivity index is 1.63. The van der Waals surface area contributed by atoms with Crippen LogP contribution < -0.4 is 4.74 Å². The lowest BCUT2D eigenvalue weighted by molar-refractivity contribution is 0.411. The fraction of sp³-hybridized carbons (Fsp3) is 0.303. The van der Waals surface area contributed by atoms with Crippen molar-refractivity contribution in [2.24, 2.45) is 5.41 Å². The first kappa shape index (κ1) is 22.1. The van der Waals surface area contributed by atoms with Crippen LogP contribution >= 0.6 is 0 Å². The summed E-state index contributed by atoms with van der Waals surface area (Å²) in [6.45, 7) is 15.8. The molecule has 5 aromatic rings. The van der Waals surface area contributed by atoms with E-state index >= 15 is 0 Å². The molecule has 0 saturated heterocycles. The molecule has 176 valence electrons. The Labute approximate surface area is 208 Å². The van der Waals surface area contributed by atoms with Gasteiger partial charge in [-0.3, -0.25) is 4.98 Å². The fourth-order valence-electron chi connectivity index (χ4n) is 5.57. The van der Waals surface area contributed by atoms with Gasteiger partial charge in [-0.25, -0.2) is 0 Å². The lowest BCUT2D eigenvalue weighted by Gasteiger charge is -2.25. The second-order valence-electron chi connectivity index (χ2n) is 12.4. The van der Waals surface area contributed by atoms with Gasteiger partial charge in [0.25, 0.3) is 0 Å². The fourth-order valence-corrected chi connectivity index (χ4v) is 5.57. The maximum atomic E-state index is 6.66. The van der Waals surface area contributed by atoms with Gasteiger partial charge in [-0.15, -0.1) is 0 Å². The van der Waals surface area contributed by atoms with Crippen LogP contribution in [0.15, 0.2) is 60.8 Å². The molecular formula is C33H33NO. The normalized spacial score (nSPS) is 13.3. The monoisotopic (exact) mass is 459 g/mol. The number of hydrogen-bond acceptors (Lipinski definition) is 2. The highest BCUT2D eigenvalue weighted by molar-refractivity contribution is 6.16. The maximum Gasteiger partial charge on any atom is 0.140 e. The lowest BCUT2D eigenvalue weighted by Crippen LogP contribution is -2.10. The van der Waals surface area contributed by atoms with E-state index in [9.17, 15) is 0 Å². The molecule has 0 saturated carbocycles. The molecule has 1 aromatic heterocycles. The molecule has 2 nitrogen and oxygen atoms in total. The van der Waals surface area contributed by atoms with Gasteiger partial charge in [0.15, 0.2) is 0 Å². The van der Waals surface area contributed by atoms with Crippen LogP contribution in [0.3, 0.4) is 0 Å². The van der Waals surface area contributed by atoms with Gasteiger partial charge in [0, 0.05) is 17.3 Å². The summed E-state index contributed by atoms with van der Waals surface area (Å²) in [4.78, 5) is 4.91. The van der Waals surface area contributed by atoms with Crippen molar-refractivity contribution >= 4 is 32.3 Å². The Kier molecular flexibility index (Phi) is 4.61. The second-order valence-corrected chi connectivity index (χ2v) is 12.4. The quantitative estimate of drug-likeness (QED) is 0.228. The molecule has 0 unspecified atom stereocenters. The SMILES string of the molecule is Cc1c2c(cc3cc(CC(C)(C)C)ccc13)-c1nccc3c1c(cc1ccc(C(C)(C)C)cc13)O2. The minimum absolute atomic E-state index is 0.0933. The topological polar surface area (TPSA) is 22.1 Å². The molecule has 1 aliphatic rings. The van der Waals surface area contributed by atoms with Crippen LogP contribution in [0.25, 0.3) is 43.6 Å². The third-order valence-corrected chi connectivity index (χ3v) is 7.30. The number of rotatable bonds is 1. The van der Waals surface area contributed by atoms with Gasteiger partial charge in [0.05, 0.1) is 11.1 Å². The molecule has 0 bridgehead atoms. The van der Waals surface area contributed by atoms with E-state index < -0.39 is 0 Å². The van der Waals surface area contributed by atoms with Crippen LogP contribution in [0.4, 0.5) is 0 Å². The number of benzene rings is 4. The van der Waals surface area contributed by atoms with E-state index in [-0.39, 0.29) is 10.8 Å². The summed E-state index contributed by atoms with van der Waals surface area (Å²) in [5.41, 5.74) is 6.33. The first-order chi connectivity index (χ1) is 16.5. The number of pyridine rings is 1. The van der Waals surface area contributed by atoms with Gasteiger partial charge in [0.1, 0.15) is 11.5 Å². The molecule has 6 rings (SSSR count). The zero-order valence-corrected chi connectivity index (χ0v) is 21.8. The average Bonchev–Trinajstić information content (AvgIpc) is 2.78. The van der Waals surface area contributed by atoms with Crippen LogP contribution in [-0.2, 0) is 11.8 Å². The number of aryl methyl sites for hydroxylation is 1. The van der Waals surface area contributed by atoms with Gasteiger partial charge >= 0.3 is 0 Å². The lowest BCUT2D eigenvalue weighted by atomic mass is 9.84. The van der Waals surface area contributed by atoms with Gasteiger partial charge < -0.3 is 4.74 Å². The van der Waals surface area contributed by atoms with E-state index in [1.54, 1.807) is 0 Å². The van der Waals surface area contributed by atoms with Crippen LogP contribution in [-0.4, -0.2) is 4.98 Å². The van der Waals surface area contributed by atoms with Gasteiger partial charge in [0.2, 0.25) is 0 Å². The second kappa shape index (κ2) is 7.31. The molecule has 2 heterocycles. The molecular weight excluding hydrogens is 426 g/mol. The summed E-state index contributed by atoms with van der Waals surface area (Å²) in [6.07, 6.45) is 3.00. The van der Waals surface area contributed by atoms with Crippen molar-refractivity contribution in [2.45, 2.75) is 60.3 Å². The van der Waals surface area contributed by atoms with Crippen molar-refractivity contribution in [1.29, 1.82) is 0 Å². The van der Waals surface area contributed by atoms with Crippen molar-refractivity contribution in [3.8, 4) is 22.8 Å². The molecule has 0 amide bonds. The molecule has 1 aliphatic heterocycles. The van der Waals surface area contributed by atoms with Crippen molar-refractivity contribution in [1.82, 2.24) is 4.98 Å². The summed E-state index contributed by atoms with van der Waals surface area (Å²) in [5.74, 6) is 1.83. The van der Waals surface area contributed by atoms with E-state index in [0.717, 1.165) is 34.6 Å². The van der Waals surface area contributed by atoms with Gasteiger partial charge in [-0.05, 0) is 86.5 Å². The van der Waals surface area contributed by atoms with E-state index in [4.69, 9.17) is 9.72 Å². The summed E-state index contributed by atoms with van der Waals surface area (Å²) < 4.78 is 6.66. The van der Waals surface area contributed by atoms with Crippen LogP contribution in [0.1, 0.15) is 58.2 Å². The van der Waals surface area contributed by atoms with Crippen molar-refractivity contribution < 1.29 is 4.74 Å². The van der Waals surface area contributed by atoms with Gasteiger partial charge in [-0.1, -0.05) is 71.9 Å². The van der Waals surface area contributed by atoms with Crippen molar-refractivity contribution in [3.63, 3.8) is 0 Å². The molecule has 4 aromatic carbocycles. The predicted molar refractivity (Wildman–Crippen MR) is 149 cm³/mol. The highest BCUT2D eigenvalue weighted by Crippen LogP contribution is 2.50. The Morgan fingerprint density at radius 2 is 1.57 bits per heavy atom. The van der Waals surface area contributed by atoms with Crippen LogP contribution in [0.5, 0.6) is 11.5 Å². The minimum atomic E-state index is 0.0933. The third-order valence-electron chi connectivity index (χ3n) is 7.30. The Morgan fingerprint density at radius 3 is 2.31 bits per heavy atom. The summed E-state index contributed by atoms with van der Waals surface area (Å²) >= 11 is 0. The van der Waals surface area contributed by atoms with Crippen LogP contribution in [0, 0.1) is 12.3 Å². The molecule has 0 aliphatic carbocycles. The van der Waals surface area contributed by atoms with Crippen molar-refractivity contribution in [3.05, 3.63) is 77.5 Å². The first-order valence-corrected chi connectivity index (χ1v) is 12.6. The Bertz CT molecular complexity index is 1660. The Hall–Kier alpha value is -3.39. The van der Waals surface area contributed by atoms with E-state index in [2.05, 4.69) is 103 Å². The van der Waals surface area contributed by atoms with Crippen LogP contribution in [0.2, 0.25) is 0 Å². The molecule has 2 heteroatoms. The first-order valence-electron chi connectivity index (χ1n) is 12.6. The Morgan fingerprint density at radius 1 is 0.771 bits per heavy atom.